The van der Waals surface area contributed by atoms with E-state index >= 15 is 0 Å². The molecule has 2 heteroatoms. The Kier molecular flexibility index (Phi) is 2.92. The maximum absolute atomic E-state index is 8.46. The van der Waals surface area contributed by atoms with Gasteiger partial charge in [0, 0.05) is 0 Å². The van der Waals surface area contributed by atoms with E-state index in [1.807, 2.05) is 36.4 Å². The minimum atomic E-state index is 0.121. The average molecular weight is 208 g/mol. The second-order valence-corrected chi connectivity index (χ2v) is 4.40. The standard InChI is InChI=1S/C9H7NSe/c1-8(7-10)11-9-5-3-2-4-6-9/h2-6H,1H2. The van der Waals surface area contributed by atoms with Crippen LogP contribution in [0.4, 0.5) is 0 Å². The molecule has 0 bridgehead atoms. The van der Waals surface area contributed by atoms with E-state index in [9.17, 15) is 0 Å². The fraction of sp³-hybridized carbons (Fsp3) is 0. The molecule has 0 N–H and O–H groups in total. The number of benzene rings is 1. The first-order valence-corrected chi connectivity index (χ1v) is 4.86. The summed E-state index contributed by atoms with van der Waals surface area (Å²) in [7, 11) is 0. The summed E-state index contributed by atoms with van der Waals surface area (Å²) in [4.78, 5) is 0. The molecule has 11 heavy (non-hydrogen) atoms. The molecule has 1 rings (SSSR count). The van der Waals surface area contributed by atoms with Gasteiger partial charge >= 0.3 is 72.1 Å². The van der Waals surface area contributed by atoms with E-state index in [2.05, 4.69) is 6.58 Å². The van der Waals surface area contributed by atoms with Crippen molar-refractivity contribution in [2.24, 2.45) is 0 Å². The number of nitriles is 1. The van der Waals surface area contributed by atoms with Crippen LogP contribution in [0.1, 0.15) is 0 Å². The molecule has 0 aliphatic heterocycles. The molecule has 54 valence electrons. The summed E-state index contributed by atoms with van der Waals surface area (Å²) in [5.41, 5.74) is 0. The Morgan fingerprint density at radius 2 is 2.00 bits per heavy atom. The van der Waals surface area contributed by atoms with Crippen LogP contribution < -0.4 is 4.46 Å². The molecule has 0 fully saturated rings. The molecule has 0 saturated carbocycles. The van der Waals surface area contributed by atoms with Crippen LogP contribution in [0.15, 0.2) is 41.4 Å². The monoisotopic (exact) mass is 209 g/mol. The van der Waals surface area contributed by atoms with Gasteiger partial charge in [-0.15, -0.1) is 0 Å². The maximum atomic E-state index is 8.46. The van der Waals surface area contributed by atoms with E-state index in [-0.39, 0.29) is 15.0 Å². The first kappa shape index (κ1) is 8.07. The van der Waals surface area contributed by atoms with Gasteiger partial charge in [-0.2, -0.15) is 0 Å². The van der Waals surface area contributed by atoms with Crippen LogP contribution >= 0.6 is 0 Å². The van der Waals surface area contributed by atoms with Crippen molar-refractivity contribution in [1.29, 1.82) is 5.26 Å². The van der Waals surface area contributed by atoms with Crippen LogP contribution in [0.3, 0.4) is 0 Å². The first-order valence-electron chi connectivity index (χ1n) is 3.15. The summed E-state index contributed by atoms with van der Waals surface area (Å²) < 4.78 is 1.87. The van der Waals surface area contributed by atoms with Gasteiger partial charge in [-0.25, -0.2) is 0 Å². The zero-order valence-electron chi connectivity index (χ0n) is 5.95. The molecular formula is C9H7NSe. The van der Waals surface area contributed by atoms with E-state index in [1.54, 1.807) is 0 Å². The zero-order chi connectivity index (χ0) is 8.10. The fourth-order valence-corrected chi connectivity index (χ4v) is 1.96. The van der Waals surface area contributed by atoms with Crippen molar-refractivity contribution in [2.45, 2.75) is 0 Å². The Balaban J connectivity index is 2.67. The van der Waals surface area contributed by atoms with Gasteiger partial charge in [0.1, 0.15) is 0 Å². The third kappa shape index (κ3) is 2.59. The Bertz CT molecular complexity index is 284. The predicted octanol–water partition coefficient (Wildman–Crippen LogP) is 1.05. The molecule has 0 unspecified atom stereocenters. The molecule has 0 aliphatic rings. The number of allylic oxidation sites excluding steroid dienone is 1. The van der Waals surface area contributed by atoms with Gasteiger partial charge in [0.25, 0.3) is 0 Å². The van der Waals surface area contributed by atoms with Crippen molar-refractivity contribution in [1.82, 2.24) is 0 Å². The van der Waals surface area contributed by atoms with Gasteiger partial charge in [0.2, 0.25) is 0 Å². The van der Waals surface area contributed by atoms with Crippen LogP contribution in [0.5, 0.6) is 0 Å². The van der Waals surface area contributed by atoms with Crippen LogP contribution in [0.2, 0.25) is 0 Å². The van der Waals surface area contributed by atoms with Gasteiger partial charge in [0.15, 0.2) is 0 Å². The van der Waals surface area contributed by atoms with Gasteiger partial charge in [-0.05, 0) is 0 Å². The van der Waals surface area contributed by atoms with Crippen LogP contribution in [-0.4, -0.2) is 15.0 Å². The second-order valence-electron chi connectivity index (χ2n) is 1.95. The quantitative estimate of drug-likeness (QED) is 0.526. The topological polar surface area (TPSA) is 23.8 Å². The van der Waals surface area contributed by atoms with Crippen LogP contribution in [-0.2, 0) is 0 Å². The second kappa shape index (κ2) is 3.98. The summed E-state index contributed by atoms with van der Waals surface area (Å²) in [6, 6.07) is 12.0. The molecule has 0 radical (unpaired) electrons. The zero-order valence-corrected chi connectivity index (χ0v) is 7.66. The fourth-order valence-electron chi connectivity index (χ4n) is 0.654. The summed E-state index contributed by atoms with van der Waals surface area (Å²) in [6.07, 6.45) is 0. The predicted molar refractivity (Wildman–Crippen MR) is 46.6 cm³/mol. The molecular weight excluding hydrogens is 201 g/mol. The minimum absolute atomic E-state index is 0.121. The van der Waals surface area contributed by atoms with E-state index in [1.165, 1.54) is 4.46 Å². The normalized spacial score (nSPS) is 8.64. The van der Waals surface area contributed by atoms with E-state index < -0.39 is 0 Å². The van der Waals surface area contributed by atoms with E-state index in [0.717, 1.165) is 0 Å². The molecule has 0 saturated heterocycles. The summed E-state index contributed by atoms with van der Waals surface area (Å²) in [5, 5.41) is 8.46. The molecule has 1 nitrogen and oxygen atoms in total. The Hall–Kier alpha value is -1.03. The number of hydrogen-bond donors (Lipinski definition) is 0. The molecule has 1 aromatic rings. The van der Waals surface area contributed by atoms with E-state index in [0.29, 0.717) is 4.47 Å². The van der Waals surface area contributed by atoms with Crippen LogP contribution in [0, 0.1) is 11.3 Å². The Morgan fingerprint density at radius 1 is 1.36 bits per heavy atom. The molecule has 0 heterocycles. The first-order chi connectivity index (χ1) is 5.33. The molecule has 0 aliphatic carbocycles. The molecule has 0 aromatic heterocycles. The van der Waals surface area contributed by atoms with Gasteiger partial charge in [0.05, 0.1) is 0 Å². The van der Waals surface area contributed by atoms with Crippen molar-refractivity contribution in [3.8, 4) is 6.07 Å². The van der Waals surface area contributed by atoms with Crippen molar-refractivity contribution in [2.75, 3.05) is 0 Å². The summed E-state index contributed by atoms with van der Waals surface area (Å²) in [5.74, 6) is 0. The van der Waals surface area contributed by atoms with Crippen molar-refractivity contribution in [3.05, 3.63) is 41.4 Å². The SMILES string of the molecule is C=C(C#N)[Se]c1ccccc1. The van der Waals surface area contributed by atoms with Crippen molar-refractivity contribution < 1.29 is 0 Å². The molecule has 0 atom stereocenters. The Labute approximate surface area is 72.5 Å². The number of hydrogen-bond acceptors (Lipinski definition) is 1. The average Bonchev–Trinajstić information content (AvgIpc) is 2.06. The third-order valence-corrected chi connectivity index (χ3v) is 2.88. The van der Waals surface area contributed by atoms with Gasteiger partial charge in [-0.3, -0.25) is 0 Å². The molecule has 0 spiro atoms. The molecule has 0 amide bonds. The van der Waals surface area contributed by atoms with Gasteiger partial charge in [-0.1, -0.05) is 0 Å². The molecule has 1 aromatic carbocycles. The van der Waals surface area contributed by atoms with E-state index in [4.69, 9.17) is 5.26 Å². The summed E-state index contributed by atoms with van der Waals surface area (Å²) in [6.45, 7) is 3.64. The summed E-state index contributed by atoms with van der Waals surface area (Å²) >= 11 is 0.121. The Morgan fingerprint density at radius 3 is 2.55 bits per heavy atom. The van der Waals surface area contributed by atoms with Crippen molar-refractivity contribution in [3.63, 3.8) is 0 Å². The third-order valence-electron chi connectivity index (χ3n) is 1.11. The number of nitrogens with zero attached hydrogens (tertiary/aromatic N) is 1. The number of rotatable bonds is 2. The van der Waals surface area contributed by atoms with Gasteiger partial charge < -0.3 is 0 Å². The van der Waals surface area contributed by atoms with Crippen molar-refractivity contribution >= 4 is 19.4 Å². The van der Waals surface area contributed by atoms with Crippen LogP contribution in [0.25, 0.3) is 0 Å².